The normalized spacial score (nSPS) is 11.6. The number of carbonyl (C=O) groups is 3. The number of rotatable bonds is 7. The molecule has 0 saturated carbocycles. The van der Waals surface area contributed by atoms with Crippen LogP contribution in [0.5, 0.6) is 0 Å². The van der Waals surface area contributed by atoms with Crippen molar-refractivity contribution in [3.8, 4) is 0 Å². The number of benzene rings is 1. The van der Waals surface area contributed by atoms with Crippen molar-refractivity contribution in [2.24, 2.45) is 0 Å². The molecule has 0 spiro atoms. The van der Waals surface area contributed by atoms with Gasteiger partial charge in [-0.15, -0.1) is 0 Å². The molecule has 7 nitrogen and oxygen atoms in total. The van der Waals surface area contributed by atoms with E-state index in [1.54, 1.807) is 0 Å². The van der Waals surface area contributed by atoms with Crippen molar-refractivity contribution in [2.45, 2.75) is 25.9 Å². The van der Waals surface area contributed by atoms with Gasteiger partial charge in [0.15, 0.2) is 6.10 Å². The van der Waals surface area contributed by atoms with E-state index < -0.39 is 30.6 Å². The van der Waals surface area contributed by atoms with Crippen LogP contribution in [0.2, 0.25) is 0 Å². The Morgan fingerprint density at radius 1 is 1.14 bits per heavy atom. The summed E-state index contributed by atoms with van der Waals surface area (Å²) in [6, 6.07) is 5.71. The lowest BCUT2D eigenvalue weighted by atomic mass is 10.1. The van der Waals surface area contributed by atoms with Gasteiger partial charge in [0.1, 0.15) is 0 Å². The van der Waals surface area contributed by atoms with E-state index in [2.05, 4.69) is 4.74 Å². The quantitative estimate of drug-likeness (QED) is 0.433. The molecule has 1 rings (SSSR count). The van der Waals surface area contributed by atoms with Gasteiger partial charge in [0.25, 0.3) is 0 Å². The molecule has 0 aliphatic heterocycles. The number of ether oxygens (including phenoxy) is 2. The molecule has 0 aliphatic carbocycles. The fraction of sp³-hybridized carbons (Fsp3) is 0.400. The highest BCUT2D eigenvalue weighted by Crippen LogP contribution is 2.13. The summed E-state index contributed by atoms with van der Waals surface area (Å²) < 4.78 is 9.42. The summed E-state index contributed by atoms with van der Waals surface area (Å²) in [6.45, 7) is 1.30. The second-order valence-corrected chi connectivity index (χ2v) is 4.44. The molecule has 7 heteroatoms. The lowest BCUT2D eigenvalue weighted by Crippen LogP contribution is -2.29. The van der Waals surface area contributed by atoms with Crippen LogP contribution in [0.1, 0.15) is 40.5 Å². The molecule has 1 aromatic rings. The number of carbonyl (C=O) groups excluding carboxylic acids is 3. The van der Waals surface area contributed by atoms with Gasteiger partial charge in [-0.3, -0.25) is 0 Å². The summed E-state index contributed by atoms with van der Waals surface area (Å²) >= 11 is 0. The minimum atomic E-state index is -1.81. The third-order valence-electron chi connectivity index (χ3n) is 2.74. The first kappa shape index (κ1) is 17.8. The predicted molar refractivity (Wildman–Crippen MR) is 75.1 cm³/mol. The van der Waals surface area contributed by atoms with Crippen LogP contribution in [0.3, 0.4) is 0 Å². The maximum atomic E-state index is 11.9. The zero-order valence-electron chi connectivity index (χ0n) is 12.2. The summed E-state index contributed by atoms with van der Waals surface area (Å²) in [7, 11) is 0. The summed E-state index contributed by atoms with van der Waals surface area (Å²) in [4.78, 5) is 35.1. The Kier molecular flexibility index (Phi) is 7.21. The third kappa shape index (κ3) is 4.94. The molecule has 120 valence electrons. The molecule has 22 heavy (non-hydrogen) atoms. The molecular formula is C15H18O7. The first-order valence-corrected chi connectivity index (χ1v) is 6.82. The van der Waals surface area contributed by atoms with Crippen LogP contribution in [0.25, 0.3) is 0 Å². The van der Waals surface area contributed by atoms with Gasteiger partial charge >= 0.3 is 17.9 Å². The van der Waals surface area contributed by atoms with E-state index in [1.165, 1.54) is 24.3 Å². The zero-order chi connectivity index (χ0) is 16.5. The zero-order valence-corrected chi connectivity index (χ0v) is 12.2. The van der Waals surface area contributed by atoms with Gasteiger partial charge in [0.2, 0.25) is 0 Å². The Morgan fingerprint density at radius 3 is 2.27 bits per heavy atom. The summed E-state index contributed by atoms with van der Waals surface area (Å²) in [5, 5.41) is 17.7. The molecule has 1 unspecified atom stereocenters. The van der Waals surface area contributed by atoms with Crippen molar-refractivity contribution >= 4 is 17.9 Å². The Bertz CT molecular complexity index is 538. The minimum absolute atomic E-state index is 0.0325. The standard InChI is InChI=1S/C15H18O7/c1-2-3-8-21-13(18)10-6-4-5-7-11(10)14(19)22-15(20)12(17)9-16/h4-7,12,16-17H,2-3,8-9H2,1H3. The molecule has 1 atom stereocenters. The molecule has 0 bridgehead atoms. The fourth-order valence-corrected chi connectivity index (χ4v) is 1.51. The molecule has 0 aromatic heterocycles. The number of aliphatic hydroxyl groups is 2. The second-order valence-electron chi connectivity index (χ2n) is 4.44. The largest absolute Gasteiger partial charge is 0.462 e. The van der Waals surface area contributed by atoms with Gasteiger partial charge in [-0.05, 0) is 18.6 Å². The molecule has 2 N–H and O–H groups in total. The van der Waals surface area contributed by atoms with Crippen molar-refractivity contribution < 1.29 is 34.1 Å². The first-order valence-electron chi connectivity index (χ1n) is 6.82. The maximum absolute atomic E-state index is 11.9. The molecule has 0 radical (unpaired) electrons. The summed E-state index contributed by atoms with van der Waals surface area (Å²) in [6.07, 6.45) is -0.267. The average molecular weight is 310 g/mol. The Hall–Kier alpha value is -2.25. The van der Waals surface area contributed by atoms with E-state index in [1.807, 2.05) is 6.92 Å². The Morgan fingerprint density at radius 2 is 1.73 bits per heavy atom. The molecule has 0 aliphatic rings. The fourth-order valence-electron chi connectivity index (χ4n) is 1.51. The van der Waals surface area contributed by atoms with Crippen LogP contribution < -0.4 is 0 Å². The number of aliphatic hydroxyl groups excluding tert-OH is 2. The van der Waals surface area contributed by atoms with Crippen LogP contribution in [-0.4, -0.2) is 47.4 Å². The highest BCUT2D eigenvalue weighted by Gasteiger charge is 2.24. The van der Waals surface area contributed by atoms with Gasteiger partial charge in [0.05, 0.1) is 24.3 Å². The lowest BCUT2D eigenvalue weighted by Gasteiger charge is -2.10. The summed E-state index contributed by atoms with van der Waals surface area (Å²) in [5.41, 5.74) is -0.183. The van der Waals surface area contributed by atoms with Crippen LogP contribution in [0, 0.1) is 0 Å². The van der Waals surface area contributed by atoms with Crippen LogP contribution >= 0.6 is 0 Å². The second kappa shape index (κ2) is 8.91. The van der Waals surface area contributed by atoms with Crippen molar-refractivity contribution in [1.82, 2.24) is 0 Å². The topological polar surface area (TPSA) is 110 Å². The van der Waals surface area contributed by atoms with E-state index in [0.29, 0.717) is 6.42 Å². The molecule has 1 aromatic carbocycles. The van der Waals surface area contributed by atoms with E-state index in [-0.39, 0.29) is 17.7 Å². The first-order chi connectivity index (χ1) is 10.5. The van der Waals surface area contributed by atoms with Crippen molar-refractivity contribution in [3.63, 3.8) is 0 Å². The van der Waals surface area contributed by atoms with Gasteiger partial charge < -0.3 is 19.7 Å². The van der Waals surface area contributed by atoms with Gasteiger partial charge in [-0.25, -0.2) is 14.4 Å². The smallest absolute Gasteiger partial charge is 0.346 e. The number of hydrogen-bond donors (Lipinski definition) is 2. The Labute approximate surface area is 127 Å². The van der Waals surface area contributed by atoms with Crippen molar-refractivity contribution in [1.29, 1.82) is 0 Å². The highest BCUT2D eigenvalue weighted by atomic mass is 16.6. The number of esters is 3. The minimum Gasteiger partial charge on any atom is -0.462 e. The predicted octanol–water partition coefficient (Wildman–Crippen LogP) is 0.680. The molecule has 0 heterocycles. The molecule has 0 amide bonds. The van der Waals surface area contributed by atoms with Gasteiger partial charge in [-0.2, -0.15) is 0 Å². The molecule has 0 saturated heterocycles. The number of hydrogen-bond acceptors (Lipinski definition) is 7. The van der Waals surface area contributed by atoms with Crippen LogP contribution in [0.4, 0.5) is 0 Å². The maximum Gasteiger partial charge on any atom is 0.346 e. The lowest BCUT2D eigenvalue weighted by molar-refractivity contribution is -0.149. The average Bonchev–Trinajstić information content (AvgIpc) is 2.53. The Balaban J connectivity index is 2.84. The molecular weight excluding hydrogens is 292 g/mol. The SMILES string of the molecule is CCCCOC(=O)c1ccccc1C(=O)OC(=O)C(O)CO. The third-order valence-corrected chi connectivity index (χ3v) is 2.74. The monoisotopic (exact) mass is 310 g/mol. The van der Waals surface area contributed by atoms with Gasteiger partial charge in [0, 0.05) is 0 Å². The van der Waals surface area contributed by atoms with Crippen molar-refractivity contribution in [2.75, 3.05) is 13.2 Å². The van der Waals surface area contributed by atoms with E-state index in [9.17, 15) is 14.4 Å². The van der Waals surface area contributed by atoms with E-state index >= 15 is 0 Å². The van der Waals surface area contributed by atoms with E-state index in [4.69, 9.17) is 14.9 Å². The highest BCUT2D eigenvalue weighted by molar-refractivity contribution is 6.06. The van der Waals surface area contributed by atoms with Crippen LogP contribution in [0.15, 0.2) is 24.3 Å². The van der Waals surface area contributed by atoms with Crippen LogP contribution in [-0.2, 0) is 14.3 Å². The van der Waals surface area contributed by atoms with Crippen molar-refractivity contribution in [3.05, 3.63) is 35.4 Å². The number of unbranched alkanes of at least 4 members (excludes halogenated alkanes) is 1. The van der Waals surface area contributed by atoms with Gasteiger partial charge in [-0.1, -0.05) is 25.5 Å². The van der Waals surface area contributed by atoms with E-state index in [0.717, 1.165) is 6.42 Å². The summed E-state index contributed by atoms with van der Waals surface area (Å²) in [5.74, 6) is -3.08. The molecule has 0 fully saturated rings.